The molecule has 5 heteroatoms. The smallest absolute Gasteiger partial charge is 0.363 e. The zero-order chi connectivity index (χ0) is 23.3. The first kappa shape index (κ1) is 21.5. The Hall–Kier alpha value is -4.38. The van der Waals surface area contributed by atoms with E-state index in [0.717, 1.165) is 27.5 Å². The van der Waals surface area contributed by atoms with Crippen molar-refractivity contribution in [3.05, 3.63) is 113 Å². The number of nitrogens with zero attached hydrogens (tertiary/aromatic N) is 1. The van der Waals surface area contributed by atoms with Crippen molar-refractivity contribution >= 4 is 28.7 Å². The molecule has 4 aromatic rings. The van der Waals surface area contributed by atoms with E-state index in [1.807, 2.05) is 97.9 Å². The van der Waals surface area contributed by atoms with Crippen molar-refractivity contribution in [3.8, 4) is 11.5 Å². The molecule has 168 valence electrons. The molecule has 4 aromatic carbocycles. The standard InChI is InChI=1S/C29H23NO4/c1-2-32-27-17-21(12-15-26(27)33-19-20-8-4-3-5-9-20)16-25-29(31)34-28(30-25)24-14-13-22-10-6-7-11-23(22)18-24/h3-18H,2,19H2,1H3/b25-16-. The molecule has 5 rings (SSSR count). The van der Waals surface area contributed by atoms with Gasteiger partial charge in [-0.3, -0.25) is 0 Å². The van der Waals surface area contributed by atoms with Crippen LogP contribution in [0.1, 0.15) is 23.6 Å². The van der Waals surface area contributed by atoms with Crippen molar-refractivity contribution in [2.75, 3.05) is 6.61 Å². The molecule has 5 nitrogen and oxygen atoms in total. The summed E-state index contributed by atoms with van der Waals surface area (Å²) in [7, 11) is 0. The second-order valence-corrected chi connectivity index (χ2v) is 7.81. The number of rotatable bonds is 7. The van der Waals surface area contributed by atoms with Crippen LogP contribution in [0.5, 0.6) is 11.5 Å². The van der Waals surface area contributed by atoms with Gasteiger partial charge in [-0.05, 0) is 59.2 Å². The fraction of sp³-hybridized carbons (Fsp3) is 0.103. The second-order valence-electron chi connectivity index (χ2n) is 7.81. The highest BCUT2D eigenvalue weighted by Crippen LogP contribution is 2.31. The molecule has 34 heavy (non-hydrogen) atoms. The van der Waals surface area contributed by atoms with Crippen LogP contribution >= 0.6 is 0 Å². The molecule has 0 amide bonds. The molecule has 1 aliphatic rings. The quantitative estimate of drug-likeness (QED) is 0.250. The van der Waals surface area contributed by atoms with E-state index in [-0.39, 0.29) is 5.70 Å². The SMILES string of the molecule is CCOc1cc(/C=C2\N=C(c3ccc4ccccc4c3)OC2=O)ccc1OCc1ccccc1. The zero-order valence-corrected chi connectivity index (χ0v) is 18.7. The predicted octanol–water partition coefficient (Wildman–Crippen LogP) is 6.16. The molecule has 0 aromatic heterocycles. The van der Waals surface area contributed by atoms with Crippen molar-refractivity contribution in [2.24, 2.45) is 4.99 Å². The maximum atomic E-state index is 12.5. The van der Waals surface area contributed by atoms with Crippen LogP contribution in [0.2, 0.25) is 0 Å². The van der Waals surface area contributed by atoms with Crippen LogP contribution in [0.15, 0.2) is 102 Å². The molecule has 0 bridgehead atoms. The lowest BCUT2D eigenvalue weighted by Gasteiger charge is -2.12. The summed E-state index contributed by atoms with van der Waals surface area (Å²) in [6, 6.07) is 29.4. The Balaban J connectivity index is 1.39. The lowest BCUT2D eigenvalue weighted by atomic mass is 10.1. The second kappa shape index (κ2) is 9.63. The summed E-state index contributed by atoms with van der Waals surface area (Å²) >= 11 is 0. The first-order valence-electron chi connectivity index (χ1n) is 11.1. The third-order valence-electron chi connectivity index (χ3n) is 5.43. The number of carbonyl (C=O) groups excluding carboxylic acids is 1. The maximum absolute atomic E-state index is 12.5. The summed E-state index contributed by atoms with van der Waals surface area (Å²) in [6.45, 7) is 2.85. The number of benzene rings is 4. The van der Waals surface area contributed by atoms with E-state index in [9.17, 15) is 4.79 Å². The van der Waals surface area contributed by atoms with Gasteiger partial charge in [0, 0.05) is 5.56 Å². The summed E-state index contributed by atoms with van der Waals surface area (Å²) in [5.74, 6) is 1.07. The van der Waals surface area contributed by atoms with Crippen LogP contribution < -0.4 is 9.47 Å². The molecule has 0 fully saturated rings. The molecule has 0 spiro atoms. The Kier molecular flexibility index (Phi) is 6.08. The monoisotopic (exact) mass is 449 g/mol. The molecular weight excluding hydrogens is 426 g/mol. The zero-order valence-electron chi connectivity index (χ0n) is 18.7. The van der Waals surface area contributed by atoms with E-state index in [1.54, 1.807) is 6.08 Å². The molecule has 0 unspecified atom stereocenters. The highest BCUT2D eigenvalue weighted by molar-refractivity contribution is 6.13. The Morgan fingerprint density at radius 3 is 2.44 bits per heavy atom. The van der Waals surface area contributed by atoms with Gasteiger partial charge >= 0.3 is 5.97 Å². The van der Waals surface area contributed by atoms with Crippen LogP contribution in [-0.4, -0.2) is 18.5 Å². The fourth-order valence-electron chi connectivity index (χ4n) is 3.75. The van der Waals surface area contributed by atoms with Crippen LogP contribution in [0.4, 0.5) is 0 Å². The van der Waals surface area contributed by atoms with Crippen molar-refractivity contribution < 1.29 is 19.0 Å². The van der Waals surface area contributed by atoms with Crippen molar-refractivity contribution in [3.63, 3.8) is 0 Å². The average Bonchev–Trinajstić information content (AvgIpc) is 3.24. The van der Waals surface area contributed by atoms with Gasteiger partial charge in [0.15, 0.2) is 17.2 Å². The lowest BCUT2D eigenvalue weighted by Crippen LogP contribution is -2.05. The highest BCUT2D eigenvalue weighted by atomic mass is 16.6. The summed E-state index contributed by atoms with van der Waals surface area (Å²) in [5, 5.41) is 2.17. The van der Waals surface area contributed by atoms with E-state index in [4.69, 9.17) is 14.2 Å². The van der Waals surface area contributed by atoms with Gasteiger partial charge in [0.05, 0.1) is 6.61 Å². The number of hydrogen-bond acceptors (Lipinski definition) is 5. The number of esters is 1. The molecule has 0 atom stereocenters. The van der Waals surface area contributed by atoms with E-state index in [2.05, 4.69) is 4.99 Å². The van der Waals surface area contributed by atoms with Crippen molar-refractivity contribution in [2.45, 2.75) is 13.5 Å². The van der Waals surface area contributed by atoms with Gasteiger partial charge < -0.3 is 14.2 Å². The van der Waals surface area contributed by atoms with Crippen LogP contribution in [0, 0.1) is 0 Å². The van der Waals surface area contributed by atoms with Crippen molar-refractivity contribution in [1.29, 1.82) is 0 Å². The molecule has 0 N–H and O–H groups in total. The van der Waals surface area contributed by atoms with Crippen LogP contribution in [0.3, 0.4) is 0 Å². The Morgan fingerprint density at radius 1 is 0.824 bits per heavy atom. The molecule has 1 aliphatic heterocycles. The third-order valence-corrected chi connectivity index (χ3v) is 5.43. The van der Waals surface area contributed by atoms with E-state index in [0.29, 0.717) is 30.6 Å². The van der Waals surface area contributed by atoms with E-state index in [1.165, 1.54) is 0 Å². The number of fused-ring (bicyclic) bond motifs is 1. The summed E-state index contributed by atoms with van der Waals surface area (Å²) in [6.07, 6.45) is 1.69. The predicted molar refractivity (Wildman–Crippen MR) is 133 cm³/mol. The van der Waals surface area contributed by atoms with E-state index < -0.39 is 5.97 Å². The van der Waals surface area contributed by atoms with Crippen LogP contribution in [0.25, 0.3) is 16.8 Å². The number of aliphatic imine (C=N–C) groups is 1. The molecule has 0 aliphatic carbocycles. The summed E-state index contributed by atoms with van der Waals surface area (Å²) in [5.41, 5.74) is 2.84. The maximum Gasteiger partial charge on any atom is 0.363 e. The minimum absolute atomic E-state index is 0.239. The normalized spacial score (nSPS) is 14.2. The topological polar surface area (TPSA) is 57.1 Å². The molecular formula is C29H23NO4. The van der Waals surface area contributed by atoms with Crippen molar-refractivity contribution in [1.82, 2.24) is 0 Å². The lowest BCUT2D eigenvalue weighted by molar-refractivity contribution is -0.129. The molecule has 0 saturated carbocycles. The number of hydrogen-bond donors (Lipinski definition) is 0. The number of cyclic esters (lactones) is 1. The Bertz CT molecular complexity index is 1410. The summed E-state index contributed by atoms with van der Waals surface area (Å²) in [4.78, 5) is 17.0. The highest BCUT2D eigenvalue weighted by Gasteiger charge is 2.24. The molecule has 0 saturated heterocycles. The number of carbonyl (C=O) groups is 1. The van der Waals surface area contributed by atoms with Gasteiger partial charge in [-0.15, -0.1) is 0 Å². The van der Waals surface area contributed by atoms with Gasteiger partial charge in [-0.25, -0.2) is 9.79 Å². The third kappa shape index (κ3) is 4.69. The first-order valence-corrected chi connectivity index (χ1v) is 11.1. The largest absolute Gasteiger partial charge is 0.490 e. The van der Waals surface area contributed by atoms with Crippen LogP contribution in [-0.2, 0) is 16.1 Å². The average molecular weight is 450 g/mol. The summed E-state index contributed by atoms with van der Waals surface area (Å²) < 4.78 is 17.2. The number of ether oxygens (including phenoxy) is 3. The van der Waals surface area contributed by atoms with Gasteiger partial charge in [-0.2, -0.15) is 0 Å². The molecule has 0 radical (unpaired) electrons. The van der Waals surface area contributed by atoms with Gasteiger partial charge in [0.2, 0.25) is 5.90 Å². The Morgan fingerprint density at radius 2 is 1.62 bits per heavy atom. The fourth-order valence-corrected chi connectivity index (χ4v) is 3.75. The van der Waals surface area contributed by atoms with Gasteiger partial charge in [0.1, 0.15) is 6.61 Å². The van der Waals surface area contributed by atoms with Gasteiger partial charge in [0.25, 0.3) is 0 Å². The van der Waals surface area contributed by atoms with E-state index >= 15 is 0 Å². The minimum atomic E-state index is -0.481. The Labute approximate surface area is 197 Å². The first-order chi connectivity index (χ1) is 16.7. The molecule has 1 heterocycles. The minimum Gasteiger partial charge on any atom is -0.490 e. The van der Waals surface area contributed by atoms with Gasteiger partial charge in [-0.1, -0.05) is 66.7 Å².